The maximum absolute atomic E-state index is 4.08. The van der Waals surface area contributed by atoms with Crippen molar-refractivity contribution in [3.63, 3.8) is 0 Å². The van der Waals surface area contributed by atoms with Crippen LogP contribution in [0, 0.1) is 0 Å². The van der Waals surface area contributed by atoms with E-state index in [1.807, 2.05) is 0 Å². The van der Waals surface area contributed by atoms with Crippen molar-refractivity contribution in [2.24, 2.45) is 0 Å². The first-order valence-corrected chi connectivity index (χ1v) is 2.83. The molecule has 0 saturated heterocycles. The molecule has 7 heavy (non-hydrogen) atoms. The molecule has 0 aliphatic heterocycles. The molecule has 5 heteroatoms. The SMILES string of the molecule is S=C[S-].S=C[S-].[Ca+2]. The molecule has 0 bridgehead atoms. The van der Waals surface area contributed by atoms with Gasteiger partial charge in [-0.25, -0.2) is 0 Å². The van der Waals surface area contributed by atoms with Crippen molar-refractivity contribution in [1.29, 1.82) is 0 Å². The fourth-order valence-corrected chi connectivity index (χ4v) is 0. The smallest absolute Gasteiger partial charge is 0.436 e. The van der Waals surface area contributed by atoms with Crippen LogP contribution in [0.25, 0.3) is 0 Å². The van der Waals surface area contributed by atoms with Gasteiger partial charge in [-0.3, -0.25) is 0 Å². The Morgan fingerprint density at radius 2 is 1.00 bits per heavy atom. The van der Waals surface area contributed by atoms with Crippen LogP contribution in [-0.4, -0.2) is 47.1 Å². The summed E-state index contributed by atoms with van der Waals surface area (Å²) in [4.78, 5) is 0. The van der Waals surface area contributed by atoms with Crippen molar-refractivity contribution in [3.8, 4) is 0 Å². The van der Waals surface area contributed by atoms with E-state index in [0.717, 1.165) is 0 Å². The molecule has 0 radical (unpaired) electrons. The molecule has 0 atom stereocenters. The van der Waals surface area contributed by atoms with Crippen molar-refractivity contribution in [2.45, 2.75) is 0 Å². The van der Waals surface area contributed by atoms with Crippen molar-refractivity contribution in [3.05, 3.63) is 0 Å². The van der Waals surface area contributed by atoms with Gasteiger partial charge in [0.1, 0.15) is 0 Å². The standard InChI is InChI=1S/2CH2S2.Ca/c2*2-1-3;/h2*1H,(H,2,3);/q;;+2/p-2. The zero-order valence-corrected chi connectivity index (χ0v) is 8.97. The largest absolute Gasteiger partial charge is 2.00 e. The minimum Gasteiger partial charge on any atom is -0.436 e. The third kappa shape index (κ3) is 77.1. The number of hydrogen-bond acceptors (Lipinski definition) is 4. The van der Waals surface area contributed by atoms with Crippen LogP contribution in [0.4, 0.5) is 0 Å². The second-order valence-corrected chi connectivity index (χ2v) is 1.73. The van der Waals surface area contributed by atoms with Gasteiger partial charge in [-0.05, 0) is 0 Å². The van der Waals surface area contributed by atoms with Crippen LogP contribution in [0.1, 0.15) is 0 Å². The van der Waals surface area contributed by atoms with Gasteiger partial charge in [0, 0.05) is 0 Å². The first-order chi connectivity index (χ1) is 2.83. The topological polar surface area (TPSA) is 0 Å². The van der Waals surface area contributed by atoms with E-state index < -0.39 is 0 Å². The summed E-state index contributed by atoms with van der Waals surface area (Å²) in [6, 6.07) is 0. The maximum Gasteiger partial charge on any atom is 2.00 e. The van der Waals surface area contributed by atoms with E-state index in [4.69, 9.17) is 0 Å². The summed E-state index contributed by atoms with van der Waals surface area (Å²) in [6.45, 7) is 0. The molecule has 0 rings (SSSR count). The summed E-state index contributed by atoms with van der Waals surface area (Å²) in [5.74, 6) is 0. The molecule has 0 heterocycles. The number of rotatable bonds is 0. The summed E-state index contributed by atoms with van der Waals surface area (Å²) >= 11 is 16.3. The van der Waals surface area contributed by atoms with E-state index in [-0.39, 0.29) is 37.7 Å². The van der Waals surface area contributed by atoms with Crippen molar-refractivity contribution in [1.82, 2.24) is 0 Å². The molecule has 0 nitrogen and oxygen atoms in total. The molecule has 0 aliphatic rings. The molecule has 0 unspecified atom stereocenters. The Kier molecular flexibility index (Phi) is 56.4. The van der Waals surface area contributed by atoms with Crippen LogP contribution < -0.4 is 0 Å². The Morgan fingerprint density at radius 3 is 1.00 bits per heavy atom. The van der Waals surface area contributed by atoms with Crippen LogP contribution in [0.3, 0.4) is 0 Å². The summed E-state index contributed by atoms with van der Waals surface area (Å²) in [5.41, 5.74) is 0. The molecule has 36 valence electrons. The molecule has 0 aromatic heterocycles. The molecule has 0 spiro atoms. The van der Waals surface area contributed by atoms with Crippen molar-refractivity contribution < 1.29 is 0 Å². The van der Waals surface area contributed by atoms with E-state index >= 15 is 0 Å². The first kappa shape index (κ1) is 15.9. The Hall–Kier alpha value is 1.88. The van der Waals surface area contributed by atoms with Crippen LogP contribution >= 0.6 is 24.4 Å². The maximum atomic E-state index is 4.08. The zero-order valence-electron chi connectivity index (χ0n) is 3.49. The van der Waals surface area contributed by atoms with Gasteiger partial charge in [0.2, 0.25) is 0 Å². The van der Waals surface area contributed by atoms with E-state index in [1.165, 1.54) is 9.40 Å². The van der Waals surface area contributed by atoms with Crippen LogP contribution in [-0.2, 0) is 25.3 Å². The van der Waals surface area contributed by atoms with Gasteiger partial charge in [0.25, 0.3) is 0 Å². The predicted octanol–water partition coefficient (Wildman–Crippen LogP) is 0.600. The average Bonchev–Trinajstić information content (AvgIpc) is 1.39. The molecular formula is C2H2CaS4. The van der Waals surface area contributed by atoms with Gasteiger partial charge in [-0.1, -0.05) is 0 Å². The second kappa shape index (κ2) is 24.8. The third-order valence-corrected chi connectivity index (χ3v) is 0. The summed E-state index contributed by atoms with van der Waals surface area (Å²) in [7, 11) is 0. The Balaban J connectivity index is -0.0000000400. The van der Waals surface area contributed by atoms with Gasteiger partial charge >= 0.3 is 37.7 Å². The molecule has 0 N–H and O–H groups in total. The zero-order chi connectivity index (χ0) is 5.41. The fourth-order valence-electron chi connectivity index (χ4n) is 0. The van der Waals surface area contributed by atoms with Crippen molar-refractivity contribution in [2.75, 3.05) is 0 Å². The number of hydrogen-bond donors (Lipinski definition) is 0. The molecule has 0 aromatic rings. The van der Waals surface area contributed by atoms with Gasteiger partial charge in [-0.2, -0.15) is 9.40 Å². The second-order valence-electron chi connectivity index (χ2n) is 0.192. The minimum absolute atomic E-state index is 0. The van der Waals surface area contributed by atoms with Crippen LogP contribution in [0.5, 0.6) is 0 Å². The average molecular weight is 194 g/mol. The Bertz CT molecular complexity index is 30.7. The summed E-state index contributed by atoms with van der Waals surface area (Å²) in [5, 5.41) is 0. The quantitative estimate of drug-likeness (QED) is 0.314. The van der Waals surface area contributed by atoms with Crippen molar-refractivity contribution >= 4 is 96.8 Å². The number of thiocarbonyl (C=S) groups is 2. The van der Waals surface area contributed by atoms with E-state index in [1.54, 1.807) is 0 Å². The van der Waals surface area contributed by atoms with Gasteiger partial charge in [0.15, 0.2) is 0 Å². The third-order valence-electron chi connectivity index (χ3n) is 0. The summed E-state index contributed by atoms with van der Waals surface area (Å²) < 4.78 is 2.33. The van der Waals surface area contributed by atoms with Crippen LogP contribution in [0.2, 0.25) is 0 Å². The van der Waals surface area contributed by atoms with Gasteiger partial charge < -0.3 is 49.7 Å². The van der Waals surface area contributed by atoms with E-state index in [2.05, 4.69) is 49.7 Å². The predicted molar refractivity (Wildman–Crippen MR) is 47.8 cm³/mol. The molecule has 0 saturated carbocycles. The normalized spacial score (nSPS) is 3.43. The fraction of sp³-hybridized carbons (Fsp3) is 0. The Labute approximate surface area is 95.3 Å². The molecular weight excluding hydrogens is 192 g/mol. The molecule has 0 fully saturated rings. The van der Waals surface area contributed by atoms with E-state index in [9.17, 15) is 0 Å². The monoisotopic (exact) mass is 194 g/mol. The Morgan fingerprint density at radius 1 is 1.00 bits per heavy atom. The van der Waals surface area contributed by atoms with Gasteiger partial charge in [-0.15, -0.1) is 0 Å². The minimum atomic E-state index is 0. The van der Waals surface area contributed by atoms with Crippen LogP contribution in [0.15, 0.2) is 0 Å². The molecule has 0 aliphatic carbocycles. The summed E-state index contributed by atoms with van der Waals surface area (Å²) in [6.07, 6.45) is 0. The van der Waals surface area contributed by atoms with Gasteiger partial charge in [0.05, 0.1) is 0 Å². The first-order valence-electron chi connectivity index (χ1n) is 0.943. The van der Waals surface area contributed by atoms with E-state index in [0.29, 0.717) is 0 Å². The molecule has 0 amide bonds. The molecule has 0 aromatic carbocycles.